The summed E-state index contributed by atoms with van der Waals surface area (Å²) in [5.41, 5.74) is 0.701. The van der Waals surface area contributed by atoms with Gasteiger partial charge >= 0.3 is 0 Å². The number of nitrogens with zero attached hydrogens (tertiary/aromatic N) is 4. The van der Waals surface area contributed by atoms with Crippen LogP contribution in [0.4, 0.5) is 0 Å². The van der Waals surface area contributed by atoms with Crippen molar-refractivity contribution in [2.45, 2.75) is 38.3 Å². The number of hydrogen-bond donors (Lipinski definition) is 1. The second-order valence-corrected chi connectivity index (χ2v) is 7.63. The average molecular weight is 383 g/mol. The summed E-state index contributed by atoms with van der Waals surface area (Å²) in [4.78, 5) is 39.4. The zero-order valence-electron chi connectivity index (χ0n) is 16.0. The lowest BCUT2D eigenvalue weighted by atomic mass is 9.78. The molecule has 1 N–H and O–H groups in total. The molecule has 3 atom stereocenters. The molecule has 1 fully saturated rings. The van der Waals surface area contributed by atoms with E-state index in [1.807, 2.05) is 23.0 Å². The Bertz CT molecular complexity index is 920. The number of rotatable bonds is 5. The van der Waals surface area contributed by atoms with Crippen LogP contribution >= 0.6 is 0 Å². The summed E-state index contributed by atoms with van der Waals surface area (Å²) in [5.74, 6) is -0.0922. The van der Waals surface area contributed by atoms with Crippen molar-refractivity contribution in [3.05, 3.63) is 52.7 Å². The van der Waals surface area contributed by atoms with Gasteiger partial charge in [0.2, 0.25) is 11.8 Å². The minimum absolute atomic E-state index is 0.0137. The summed E-state index contributed by atoms with van der Waals surface area (Å²) >= 11 is 0. The molecule has 0 aliphatic carbocycles. The van der Waals surface area contributed by atoms with Crippen molar-refractivity contribution in [2.24, 2.45) is 5.92 Å². The Morgan fingerprint density at radius 2 is 2.11 bits per heavy atom. The van der Waals surface area contributed by atoms with Gasteiger partial charge in [-0.3, -0.25) is 23.6 Å². The summed E-state index contributed by atoms with van der Waals surface area (Å²) < 4.78 is 3.47. The van der Waals surface area contributed by atoms with Gasteiger partial charge in [0.25, 0.3) is 5.56 Å². The molecule has 2 aromatic heterocycles. The Hall–Kier alpha value is -2.90. The van der Waals surface area contributed by atoms with Gasteiger partial charge < -0.3 is 10.2 Å². The Morgan fingerprint density at radius 3 is 2.86 bits per heavy atom. The summed E-state index contributed by atoms with van der Waals surface area (Å²) in [6.45, 7) is 3.91. The molecule has 0 aromatic carbocycles. The Labute approximate surface area is 163 Å². The summed E-state index contributed by atoms with van der Waals surface area (Å²) in [6.07, 6.45) is 5.18. The van der Waals surface area contributed by atoms with E-state index in [0.717, 1.165) is 25.1 Å². The van der Waals surface area contributed by atoms with Gasteiger partial charge in [-0.05, 0) is 25.0 Å². The maximum atomic E-state index is 13.1. The molecule has 8 heteroatoms. The molecular formula is C20H25N5O3. The average Bonchev–Trinajstić information content (AvgIpc) is 3.19. The van der Waals surface area contributed by atoms with Crippen LogP contribution in [0.2, 0.25) is 0 Å². The van der Waals surface area contributed by atoms with Crippen LogP contribution in [0.5, 0.6) is 0 Å². The number of fused-ring (bicyclic) bond motifs is 4. The minimum Gasteiger partial charge on any atom is -0.354 e. The monoisotopic (exact) mass is 383 g/mol. The van der Waals surface area contributed by atoms with E-state index in [0.29, 0.717) is 19.6 Å². The Morgan fingerprint density at radius 1 is 1.25 bits per heavy atom. The van der Waals surface area contributed by atoms with Crippen molar-refractivity contribution < 1.29 is 9.59 Å². The highest BCUT2D eigenvalue weighted by molar-refractivity contribution is 5.81. The molecule has 0 unspecified atom stereocenters. The number of amides is 2. The lowest BCUT2D eigenvalue weighted by Crippen LogP contribution is -2.54. The van der Waals surface area contributed by atoms with Crippen LogP contribution in [0, 0.1) is 5.92 Å². The van der Waals surface area contributed by atoms with Crippen LogP contribution < -0.4 is 10.9 Å². The van der Waals surface area contributed by atoms with Gasteiger partial charge in [0.1, 0.15) is 6.04 Å². The third-order valence-corrected chi connectivity index (χ3v) is 5.78. The highest BCUT2D eigenvalue weighted by Crippen LogP contribution is 2.41. The van der Waals surface area contributed by atoms with E-state index in [4.69, 9.17) is 0 Å². The molecule has 0 radical (unpaired) electrons. The van der Waals surface area contributed by atoms with Gasteiger partial charge in [-0.15, -0.1) is 0 Å². The van der Waals surface area contributed by atoms with E-state index in [-0.39, 0.29) is 29.2 Å². The smallest absolute Gasteiger partial charge is 0.251 e. The number of hydrogen-bond acceptors (Lipinski definition) is 4. The predicted molar refractivity (Wildman–Crippen MR) is 103 cm³/mol. The van der Waals surface area contributed by atoms with Gasteiger partial charge in [0.15, 0.2) is 0 Å². The molecule has 2 bridgehead atoms. The minimum atomic E-state index is -0.577. The first-order valence-electron chi connectivity index (χ1n) is 9.76. The van der Waals surface area contributed by atoms with Crippen LogP contribution in [0.25, 0.3) is 0 Å². The second-order valence-electron chi connectivity index (χ2n) is 7.63. The molecule has 1 saturated heterocycles. The van der Waals surface area contributed by atoms with E-state index < -0.39 is 6.04 Å². The Kier molecular flexibility index (Phi) is 5.02. The van der Waals surface area contributed by atoms with Crippen molar-refractivity contribution in [1.82, 2.24) is 24.6 Å². The number of piperidine rings is 1. The molecule has 148 valence electrons. The van der Waals surface area contributed by atoms with Crippen molar-refractivity contribution in [2.75, 3.05) is 19.6 Å². The third kappa shape index (κ3) is 3.46. The summed E-state index contributed by atoms with van der Waals surface area (Å²) in [5, 5.41) is 7.14. The van der Waals surface area contributed by atoms with Gasteiger partial charge in [-0.2, -0.15) is 5.10 Å². The quantitative estimate of drug-likeness (QED) is 0.772. The van der Waals surface area contributed by atoms with Crippen LogP contribution in [0.1, 0.15) is 37.4 Å². The molecule has 28 heavy (non-hydrogen) atoms. The Balaban J connectivity index is 1.52. The number of carbonyl (C=O) groups is 2. The van der Waals surface area contributed by atoms with Crippen LogP contribution in [-0.4, -0.2) is 50.7 Å². The molecule has 2 aromatic rings. The largest absolute Gasteiger partial charge is 0.354 e. The maximum absolute atomic E-state index is 13.1. The predicted octanol–water partition coefficient (Wildman–Crippen LogP) is 0.758. The molecule has 8 nitrogen and oxygen atoms in total. The number of carbonyl (C=O) groups excluding carboxylic acids is 2. The summed E-state index contributed by atoms with van der Waals surface area (Å²) in [7, 11) is 0. The van der Waals surface area contributed by atoms with Crippen LogP contribution in [0.15, 0.2) is 41.5 Å². The first-order valence-corrected chi connectivity index (χ1v) is 9.76. The lowest BCUT2D eigenvalue weighted by Gasteiger charge is -2.46. The first kappa shape index (κ1) is 18.5. The van der Waals surface area contributed by atoms with Gasteiger partial charge in [-0.1, -0.05) is 6.07 Å². The van der Waals surface area contributed by atoms with Gasteiger partial charge in [-0.25, -0.2) is 0 Å². The highest BCUT2D eigenvalue weighted by atomic mass is 16.2. The first-order chi connectivity index (χ1) is 13.5. The number of pyridine rings is 1. The van der Waals surface area contributed by atoms with Crippen molar-refractivity contribution in [3.63, 3.8) is 0 Å². The number of nitrogens with one attached hydrogen (secondary N) is 1. The molecular weight excluding hydrogens is 358 g/mol. The van der Waals surface area contributed by atoms with Crippen LogP contribution in [0.3, 0.4) is 0 Å². The van der Waals surface area contributed by atoms with Crippen molar-refractivity contribution in [3.8, 4) is 0 Å². The van der Waals surface area contributed by atoms with Gasteiger partial charge in [0, 0.05) is 69.1 Å². The van der Waals surface area contributed by atoms with Gasteiger partial charge in [0.05, 0.1) is 0 Å². The fourth-order valence-corrected chi connectivity index (χ4v) is 4.52. The third-order valence-electron chi connectivity index (χ3n) is 5.78. The molecule has 2 aliphatic heterocycles. The lowest BCUT2D eigenvalue weighted by molar-refractivity contribution is -0.135. The van der Waals surface area contributed by atoms with E-state index in [1.54, 1.807) is 28.7 Å². The van der Waals surface area contributed by atoms with Crippen molar-refractivity contribution in [1.29, 1.82) is 0 Å². The number of aromatic nitrogens is 3. The standard InChI is InChI=1S/C20H25N5O3/c1-14(26)23-12-15-11-16(13-23)19(25-17(15)5-2-6-18(25)27)20(28)21-7-3-9-24-10-4-8-22-24/h2,4-6,8,10,15-16,19H,3,7,9,11-13H2,1H3,(H,21,28)/t15-,16+,19-/m1/s1. The molecule has 0 saturated carbocycles. The van der Waals surface area contributed by atoms with Crippen molar-refractivity contribution >= 4 is 11.8 Å². The molecule has 2 aliphatic rings. The van der Waals surface area contributed by atoms with E-state index in [1.165, 1.54) is 6.07 Å². The normalized spacial score (nSPS) is 23.2. The topological polar surface area (TPSA) is 89.2 Å². The van der Waals surface area contributed by atoms with E-state index >= 15 is 0 Å². The second kappa shape index (κ2) is 7.61. The maximum Gasteiger partial charge on any atom is 0.251 e. The fourth-order valence-electron chi connectivity index (χ4n) is 4.52. The van der Waals surface area contributed by atoms with E-state index in [2.05, 4.69) is 10.4 Å². The molecule has 4 heterocycles. The number of aryl methyl sites for hydroxylation is 1. The van der Waals surface area contributed by atoms with E-state index in [9.17, 15) is 14.4 Å². The SMILES string of the molecule is CC(=O)N1C[C@H]2C[C@@H](C1)[C@H](C(=O)NCCCn1cccn1)n1c2cccc1=O. The molecule has 4 rings (SSSR count). The molecule has 0 spiro atoms. The zero-order chi connectivity index (χ0) is 19.7. The molecule has 2 amide bonds. The fraction of sp³-hybridized carbons (Fsp3) is 0.500. The summed E-state index contributed by atoms with van der Waals surface area (Å²) in [6, 6.07) is 6.44. The van der Waals surface area contributed by atoms with Crippen LogP contribution in [-0.2, 0) is 16.1 Å². The highest BCUT2D eigenvalue weighted by Gasteiger charge is 2.44. The zero-order valence-corrected chi connectivity index (χ0v) is 16.0. The number of likely N-dealkylation sites (tertiary alicyclic amines) is 1.